The topological polar surface area (TPSA) is 105 Å². The quantitative estimate of drug-likeness (QED) is 0.336. The molecule has 2 fully saturated rings. The number of carbonyl (C=O) groups excluding carboxylic acids is 1. The molecule has 6 rings (SSSR count). The summed E-state index contributed by atoms with van der Waals surface area (Å²) >= 11 is 0. The van der Waals surface area contributed by atoms with E-state index in [9.17, 15) is 26.4 Å². The molecule has 47 heavy (non-hydrogen) atoms. The number of nitrogens with zero attached hydrogens (tertiary/aromatic N) is 4. The Balaban J connectivity index is 1.49. The van der Waals surface area contributed by atoms with Crippen LogP contribution in [-0.4, -0.2) is 79.1 Å². The molecule has 2 aliphatic carbocycles. The molecule has 1 atom stereocenters. The molecule has 0 unspecified atom stereocenters. The SMILES string of the molecule is Cc1cccc(C)c1-c1cc2nc(n1)NS(=O)(=O)c1cccc(c1)C(=O)N(C1CCC(N(C)C)CC1)[C@H](CC1(C(F)(F)F)CC1)CO2. The number of aryl methyl sites for hydroxylation is 2. The van der Waals surface area contributed by atoms with E-state index in [2.05, 4.69) is 19.6 Å². The number of fused-ring (bicyclic) bond motifs is 4. The van der Waals surface area contributed by atoms with Gasteiger partial charge in [-0.05, 0) is 102 Å². The van der Waals surface area contributed by atoms with E-state index in [-0.39, 0.29) is 54.2 Å². The third kappa shape index (κ3) is 6.69. The van der Waals surface area contributed by atoms with Crippen LogP contribution in [0, 0.1) is 19.3 Å². The van der Waals surface area contributed by atoms with Gasteiger partial charge in [0, 0.05) is 29.3 Å². The van der Waals surface area contributed by atoms with Gasteiger partial charge in [0.25, 0.3) is 15.9 Å². The van der Waals surface area contributed by atoms with Crippen LogP contribution in [0.15, 0.2) is 53.4 Å². The number of alkyl halides is 3. The van der Waals surface area contributed by atoms with Gasteiger partial charge in [-0.25, -0.2) is 18.1 Å². The molecule has 1 aromatic heterocycles. The van der Waals surface area contributed by atoms with E-state index in [0.29, 0.717) is 24.6 Å². The van der Waals surface area contributed by atoms with Crippen LogP contribution >= 0.6 is 0 Å². The Kier molecular flexibility index (Phi) is 8.75. The Bertz CT molecular complexity index is 1750. The van der Waals surface area contributed by atoms with Crippen molar-refractivity contribution >= 4 is 21.9 Å². The Hall–Kier alpha value is -3.71. The molecule has 1 amide bonds. The minimum atomic E-state index is -4.44. The highest BCUT2D eigenvalue weighted by Crippen LogP contribution is 2.61. The van der Waals surface area contributed by atoms with Crippen LogP contribution in [0.4, 0.5) is 19.1 Å². The lowest BCUT2D eigenvalue weighted by atomic mass is 9.86. The number of amides is 1. The number of benzene rings is 2. The van der Waals surface area contributed by atoms with Crippen LogP contribution < -0.4 is 9.46 Å². The van der Waals surface area contributed by atoms with Crippen molar-refractivity contribution in [3.8, 4) is 17.1 Å². The number of rotatable bonds is 5. The predicted molar refractivity (Wildman–Crippen MR) is 172 cm³/mol. The summed E-state index contributed by atoms with van der Waals surface area (Å²) in [6.45, 7) is 3.55. The average Bonchev–Trinajstić information content (AvgIpc) is 3.81. The van der Waals surface area contributed by atoms with Gasteiger partial charge in [0.05, 0.1) is 22.0 Å². The first-order valence-electron chi connectivity index (χ1n) is 15.9. The van der Waals surface area contributed by atoms with E-state index < -0.39 is 33.6 Å². The molecular formula is C34H40F3N5O4S. The van der Waals surface area contributed by atoms with Crippen LogP contribution in [0.1, 0.15) is 66.4 Å². The third-order valence-corrected chi connectivity index (χ3v) is 11.3. The maximum absolute atomic E-state index is 14.5. The van der Waals surface area contributed by atoms with E-state index in [1.807, 2.05) is 46.1 Å². The minimum Gasteiger partial charge on any atom is -0.475 e. The predicted octanol–water partition coefficient (Wildman–Crippen LogP) is 6.37. The summed E-state index contributed by atoms with van der Waals surface area (Å²) in [6.07, 6.45) is -2.08. The third-order valence-electron chi connectivity index (χ3n) is 9.98. The molecule has 13 heteroatoms. The number of halogens is 3. The second-order valence-corrected chi connectivity index (χ2v) is 15.1. The van der Waals surface area contributed by atoms with E-state index >= 15 is 0 Å². The monoisotopic (exact) mass is 671 g/mol. The maximum Gasteiger partial charge on any atom is 0.394 e. The summed E-state index contributed by atoms with van der Waals surface area (Å²) in [5, 5.41) is 0. The van der Waals surface area contributed by atoms with Crippen molar-refractivity contribution in [3.63, 3.8) is 0 Å². The number of nitrogens with one attached hydrogen (secondary N) is 1. The molecule has 0 radical (unpaired) electrons. The normalized spacial score (nSPS) is 24.0. The highest BCUT2D eigenvalue weighted by Gasteiger charge is 2.64. The van der Waals surface area contributed by atoms with Gasteiger partial charge in [0.1, 0.15) is 6.61 Å². The second kappa shape index (κ2) is 12.4. The van der Waals surface area contributed by atoms with E-state index in [4.69, 9.17) is 4.74 Å². The van der Waals surface area contributed by atoms with Crippen molar-refractivity contribution in [3.05, 3.63) is 65.2 Å². The fraction of sp³-hybridized carbons (Fsp3) is 0.500. The Morgan fingerprint density at radius 2 is 1.66 bits per heavy atom. The summed E-state index contributed by atoms with van der Waals surface area (Å²) in [5.74, 6) is -0.775. The standard InChI is InChI=1S/C34H40F3N5O4S/c1-21-7-5-8-22(2)30(21)28-18-29-39-32(38-28)40-47(44,45)27-10-6-9-23(17-27)31(43)42(25-13-11-24(12-14-25)41(3)4)26(20-46-29)19-33(15-16-33)34(35,36)37/h5-10,17-18,24-26H,11-16,19-20H2,1-4H3,(H,38,39,40)/t24?,25?,26-/m1/s1. The smallest absolute Gasteiger partial charge is 0.394 e. The van der Waals surface area contributed by atoms with Gasteiger partial charge in [-0.15, -0.1) is 0 Å². The zero-order valence-corrected chi connectivity index (χ0v) is 27.8. The molecular weight excluding hydrogens is 631 g/mol. The molecule has 1 aliphatic heterocycles. The summed E-state index contributed by atoms with van der Waals surface area (Å²) < 4.78 is 79.3. The molecule has 1 N–H and O–H groups in total. The fourth-order valence-electron chi connectivity index (χ4n) is 7.12. The summed E-state index contributed by atoms with van der Waals surface area (Å²) in [5.41, 5.74) is 1.09. The molecule has 3 aliphatic rings. The number of hydrogen-bond donors (Lipinski definition) is 1. The van der Waals surface area contributed by atoms with E-state index in [1.165, 1.54) is 24.3 Å². The lowest BCUT2D eigenvalue weighted by molar-refractivity contribution is -0.193. The van der Waals surface area contributed by atoms with Crippen molar-refractivity contribution in [2.45, 2.75) is 88.0 Å². The highest BCUT2D eigenvalue weighted by atomic mass is 32.2. The van der Waals surface area contributed by atoms with Crippen LogP contribution in [-0.2, 0) is 10.0 Å². The second-order valence-electron chi connectivity index (χ2n) is 13.4. The van der Waals surface area contributed by atoms with Gasteiger partial charge in [-0.1, -0.05) is 24.3 Å². The average molecular weight is 672 g/mol. The minimum absolute atomic E-state index is 0.00752. The molecule has 9 nitrogen and oxygen atoms in total. The zero-order chi connectivity index (χ0) is 33.7. The zero-order valence-electron chi connectivity index (χ0n) is 27.0. The number of carbonyl (C=O) groups is 1. The molecule has 0 spiro atoms. The van der Waals surface area contributed by atoms with Crippen LogP contribution in [0.25, 0.3) is 11.3 Å². The number of hydrogen-bond acceptors (Lipinski definition) is 7. The van der Waals surface area contributed by atoms with Crippen LogP contribution in [0.5, 0.6) is 5.88 Å². The van der Waals surface area contributed by atoms with Gasteiger partial charge >= 0.3 is 6.18 Å². The van der Waals surface area contributed by atoms with Crippen molar-refractivity contribution in [1.29, 1.82) is 0 Å². The summed E-state index contributed by atoms with van der Waals surface area (Å²) in [6, 6.07) is 11.8. The van der Waals surface area contributed by atoms with Gasteiger partial charge < -0.3 is 14.5 Å². The van der Waals surface area contributed by atoms with Crippen molar-refractivity contribution in [2.24, 2.45) is 5.41 Å². The Morgan fingerprint density at radius 1 is 1.00 bits per heavy atom. The van der Waals surface area contributed by atoms with Crippen LogP contribution in [0.2, 0.25) is 0 Å². The van der Waals surface area contributed by atoms with Crippen molar-refractivity contribution in [1.82, 2.24) is 19.8 Å². The maximum atomic E-state index is 14.5. The van der Waals surface area contributed by atoms with Crippen molar-refractivity contribution < 1.29 is 31.1 Å². The first-order chi connectivity index (χ1) is 22.2. The molecule has 252 valence electrons. The molecule has 3 aromatic rings. The van der Waals surface area contributed by atoms with Gasteiger partial charge in [0.2, 0.25) is 11.8 Å². The molecule has 2 heterocycles. The molecule has 2 saturated carbocycles. The molecule has 0 saturated heterocycles. The number of anilines is 1. The Labute approximate surface area is 273 Å². The Morgan fingerprint density at radius 3 is 2.28 bits per heavy atom. The van der Waals surface area contributed by atoms with E-state index in [0.717, 1.165) is 29.5 Å². The highest BCUT2D eigenvalue weighted by molar-refractivity contribution is 7.92. The lowest BCUT2D eigenvalue weighted by Crippen LogP contribution is -2.53. The largest absolute Gasteiger partial charge is 0.475 e. The van der Waals surface area contributed by atoms with Crippen LogP contribution in [0.3, 0.4) is 0 Å². The summed E-state index contributed by atoms with van der Waals surface area (Å²) in [7, 11) is -0.278. The lowest BCUT2D eigenvalue weighted by Gasteiger charge is -2.43. The first-order valence-corrected chi connectivity index (χ1v) is 17.4. The first kappa shape index (κ1) is 33.2. The molecule has 4 bridgehead atoms. The van der Waals surface area contributed by atoms with Gasteiger partial charge in [-0.2, -0.15) is 18.2 Å². The number of aromatic nitrogens is 2. The fourth-order valence-corrected chi connectivity index (χ4v) is 8.11. The van der Waals surface area contributed by atoms with Crippen molar-refractivity contribution in [2.75, 3.05) is 25.4 Å². The number of ether oxygens (including phenoxy) is 1. The van der Waals surface area contributed by atoms with Gasteiger partial charge in [0.15, 0.2) is 0 Å². The van der Waals surface area contributed by atoms with Gasteiger partial charge in [-0.3, -0.25) is 4.79 Å². The molecule has 2 aromatic carbocycles. The van der Waals surface area contributed by atoms with E-state index in [1.54, 1.807) is 11.0 Å². The summed E-state index contributed by atoms with van der Waals surface area (Å²) in [4.78, 5) is 26.8. The number of sulfonamides is 1.